The van der Waals surface area contributed by atoms with Crippen LogP contribution in [-0.2, 0) is 20.8 Å². The van der Waals surface area contributed by atoms with Gasteiger partial charge in [-0.2, -0.15) is 22.0 Å². The van der Waals surface area contributed by atoms with Crippen LogP contribution in [0.2, 0.25) is 0 Å². The van der Waals surface area contributed by atoms with Crippen LogP contribution in [-0.4, -0.2) is 52.0 Å². The Morgan fingerprint density at radius 3 is 2.20 bits per heavy atom. The minimum absolute atomic E-state index is 0.0108. The Morgan fingerprint density at radius 2 is 1.64 bits per heavy atom. The summed E-state index contributed by atoms with van der Waals surface area (Å²) in [6.45, 7) is 0.579. The van der Waals surface area contributed by atoms with Gasteiger partial charge in [-0.3, -0.25) is 4.79 Å². The smallest absolute Gasteiger partial charge is 0.416 e. The molecule has 0 radical (unpaired) electrons. The van der Waals surface area contributed by atoms with Crippen LogP contribution >= 0.6 is 0 Å². The Labute approximate surface area is 252 Å². The van der Waals surface area contributed by atoms with Gasteiger partial charge >= 0.3 is 12.8 Å². The molecule has 0 saturated carbocycles. The topological polar surface area (TPSA) is 84.9 Å². The van der Waals surface area contributed by atoms with Crippen LogP contribution in [0, 0.1) is 0 Å². The van der Waals surface area contributed by atoms with Crippen molar-refractivity contribution in [2.75, 3.05) is 23.8 Å². The second-order valence-corrected chi connectivity index (χ2v) is 12.7. The van der Waals surface area contributed by atoms with E-state index in [-0.39, 0.29) is 41.4 Å². The van der Waals surface area contributed by atoms with Crippen molar-refractivity contribution in [1.29, 1.82) is 0 Å². The monoisotopic (exact) mass is 640 g/mol. The maximum Gasteiger partial charge on any atom is 0.416 e. The van der Waals surface area contributed by atoms with Gasteiger partial charge in [-0.05, 0) is 79.6 Å². The SMILES string of the molecule is CCS(=O)(=O)c1ccc([C@H](C)NC(=O)c2ccc(N3C[C@@H](Oc4ccc(C(F)(F)F)cc4)C[C@H]3CCOC(F)F)cc2)cc1. The second-order valence-electron chi connectivity index (χ2n) is 10.4. The number of nitrogens with one attached hydrogen (secondary N) is 1. The molecule has 1 fully saturated rings. The number of rotatable bonds is 12. The van der Waals surface area contributed by atoms with Crippen LogP contribution in [0.5, 0.6) is 5.75 Å². The maximum atomic E-state index is 12.9. The average Bonchev–Trinajstić information content (AvgIpc) is 3.39. The fourth-order valence-corrected chi connectivity index (χ4v) is 5.94. The van der Waals surface area contributed by atoms with E-state index < -0.39 is 40.3 Å². The van der Waals surface area contributed by atoms with Crippen molar-refractivity contribution >= 4 is 21.4 Å². The van der Waals surface area contributed by atoms with Gasteiger partial charge in [-0.15, -0.1) is 0 Å². The molecule has 1 aliphatic heterocycles. The molecule has 0 spiro atoms. The summed E-state index contributed by atoms with van der Waals surface area (Å²) in [4.78, 5) is 15.1. The Balaban J connectivity index is 1.42. The predicted octanol–water partition coefficient (Wildman–Crippen LogP) is 6.65. The number of benzene rings is 3. The van der Waals surface area contributed by atoms with Gasteiger partial charge < -0.3 is 19.7 Å². The number of anilines is 1. The van der Waals surface area contributed by atoms with Gasteiger partial charge in [0, 0.05) is 23.7 Å². The molecule has 1 saturated heterocycles. The van der Waals surface area contributed by atoms with Crippen LogP contribution < -0.4 is 15.0 Å². The van der Waals surface area contributed by atoms with Crippen molar-refractivity contribution in [3.8, 4) is 5.75 Å². The molecule has 44 heavy (non-hydrogen) atoms. The van der Waals surface area contributed by atoms with Crippen molar-refractivity contribution < 1.29 is 44.6 Å². The summed E-state index contributed by atoms with van der Waals surface area (Å²) < 4.78 is 98.4. The first-order chi connectivity index (χ1) is 20.8. The first-order valence-electron chi connectivity index (χ1n) is 14.0. The van der Waals surface area contributed by atoms with Gasteiger partial charge in [0.25, 0.3) is 5.91 Å². The first kappa shape index (κ1) is 33.2. The molecular formula is C31H33F5N2O5S. The van der Waals surface area contributed by atoms with Crippen molar-refractivity contribution in [2.45, 2.75) is 62.6 Å². The minimum atomic E-state index is -4.47. The third kappa shape index (κ3) is 8.47. The van der Waals surface area contributed by atoms with E-state index in [1.165, 1.54) is 24.3 Å². The molecule has 3 aromatic rings. The van der Waals surface area contributed by atoms with Crippen molar-refractivity contribution in [3.05, 3.63) is 89.5 Å². The minimum Gasteiger partial charge on any atom is -0.489 e. The van der Waals surface area contributed by atoms with Crippen LogP contribution in [0.3, 0.4) is 0 Å². The molecule has 1 amide bonds. The summed E-state index contributed by atoms with van der Waals surface area (Å²) in [5.74, 6) is -0.0975. The Kier molecular flexibility index (Phi) is 10.5. The third-order valence-corrected chi connectivity index (χ3v) is 9.23. The van der Waals surface area contributed by atoms with Gasteiger partial charge in [-0.1, -0.05) is 19.1 Å². The summed E-state index contributed by atoms with van der Waals surface area (Å²) >= 11 is 0. The van der Waals surface area contributed by atoms with Crippen LogP contribution in [0.4, 0.5) is 27.6 Å². The third-order valence-electron chi connectivity index (χ3n) is 7.48. The Hall–Kier alpha value is -3.71. The van der Waals surface area contributed by atoms with Gasteiger partial charge in [0.05, 0.1) is 35.4 Å². The highest BCUT2D eigenvalue weighted by Crippen LogP contribution is 2.33. The Bertz CT molecular complexity index is 1500. The number of hydrogen-bond acceptors (Lipinski definition) is 6. The molecule has 1 aliphatic rings. The number of amides is 1. The molecule has 7 nitrogen and oxygen atoms in total. The van der Waals surface area contributed by atoms with E-state index in [1.54, 1.807) is 50.2 Å². The predicted molar refractivity (Wildman–Crippen MR) is 155 cm³/mol. The van der Waals surface area contributed by atoms with E-state index in [0.717, 1.165) is 17.7 Å². The van der Waals surface area contributed by atoms with E-state index in [2.05, 4.69) is 10.1 Å². The second kappa shape index (κ2) is 13.9. The standard InChI is InChI=1S/C31H33F5N2O5S/c1-3-44(40,41)28-14-6-21(7-15-28)20(2)37-29(39)22-4-10-24(11-5-22)38-19-27(18-25(38)16-17-42-30(32)33)43-26-12-8-23(9-13-26)31(34,35)36/h4-15,20,25,27,30H,3,16-19H2,1-2H3,(H,37,39)/t20-,25+,27-/m0/s1. The molecular weight excluding hydrogens is 607 g/mol. The summed E-state index contributed by atoms with van der Waals surface area (Å²) in [6, 6.07) is 16.8. The molecule has 238 valence electrons. The quantitative estimate of drug-likeness (QED) is 0.224. The highest BCUT2D eigenvalue weighted by Gasteiger charge is 2.34. The van der Waals surface area contributed by atoms with Gasteiger partial charge in [0.2, 0.25) is 0 Å². The number of alkyl halides is 5. The molecule has 4 rings (SSSR count). The van der Waals surface area contributed by atoms with E-state index >= 15 is 0 Å². The fraction of sp³-hybridized carbons (Fsp3) is 0.387. The van der Waals surface area contributed by atoms with Crippen LogP contribution in [0.25, 0.3) is 0 Å². The summed E-state index contributed by atoms with van der Waals surface area (Å²) in [5.41, 5.74) is 1.02. The van der Waals surface area contributed by atoms with Gasteiger partial charge in [0.15, 0.2) is 9.84 Å². The molecule has 13 heteroatoms. The lowest BCUT2D eigenvalue weighted by Gasteiger charge is -2.26. The molecule has 0 aliphatic carbocycles. The van der Waals surface area contributed by atoms with Crippen molar-refractivity contribution in [3.63, 3.8) is 0 Å². The zero-order valence-corrected chi connectivity index (χ0v) is 24.9. The normalized spacial score (nSPS) is 18.0. The van der Waals surface area contributed by atoms with E-state index in [1.807, 2.05) is 4.90 Å². The highest BCUT2D eigenvalue weighted by atomic mass is 32.2. The van der Waals surface area contributed by atoms with E-state index in [9.17, 15) is 35.2 Å². The van der Waals surface area contributed by atoms with Crippen LogP contribution in [0.1, 0.15) is 54.2 Å². The number of sulfone groups is 1. The molecule has 0 aromatic heterocycles. The number of carbonyl (C=O) groups is 1. The van der Waals surface area contributed by atoms with Crippen molar-refractivity contribution in [2.24, 2.45) is 0 Å². The summed E-state index contributed by atoms with van der Waals surface area (Å²) in [6.07, 6.45) is -4.21. The molecule has 1 heterocycles. The summed E-state index contributed by atoms with van der Waals surface area (Å²) in [5, 5.41) is 2.89. The molecule has 0 bridgehead atoms. The highest BCUT2D eigenvalue weighted by molar-refractivity contribution is 7.91. The lowest BCUT2D eigenvalue weighted by molar-refractivity contribution is -0.137. The maximum absolute atomic E-state index is 12.9. The van der Waals surface area contributed by atoms with Gasteiger partial charge in [-0.25, -0.2) is 8.42 Å². The van der Waals surface area contributed by atoms with E-state index in [4.69, 9.17) is 4.74 Å². The first-order valence-corrected chi connectivity index (χ1v) is 15.7. The number of nitrogens with zero attached hydrogens (tertiary/aromatic N) is 1. The zero-order valence-electron chi connectivity index (χ0n) is 24.1. The zero-order chi connectivity index (χ0) is 32.1. The molecule has 3 atom stereocenters. The van der Waals surface area contributed by atoms with Gasteiger partial charge in [0.1, 0.15) is 11.9 Å². The lowest BCUT2D eigenvalue weighted by atomic mass is 10.1. The lowest BCUT2D eigenvalue weighted by Crippen LogP contribution is -2.31. The number of carbonyl (C=O) groups excluding carboxylic acids is 1. The number of hydrogen-bond donors (Lipinski definition) is 1. The van der Waals surface area contributed by atoms with Crippen LogP contribution in [0.15, 0.2) is 77.7 Å². The number of ether oxygens (including phenoxy) is 2. The average molecular weight is 641 g/mol. The summed E-state index contributed by atoms with van der Waals surface area (Å²) in [7, 11) is -3.33. The Morgan fingerprint density at radius 1 is 1.00 bits per heavy atom. The van der Waals surface area contributed by atoms with E-state index in [0.29, 0.717) is 24.2 Å². The van der Waals surface area contributed by atoms with Crippen molar-refractivity contribution in [1.82, 2.24) is 5.32 Å². The molecule has 3 aromatic carbocycles. The number of halogens is 5. The largest absolute Gasteiger partial charge is 0.489 e. The fourth-order valence-electron chi connectivity index (χ4n) is 5.06. The molecule has 1 N–H and O–H groups in total. The molecule has 0 unspecified atom stereocenters.